The van der Waals surface area contributed by atoms with Crippen molar-refractivity contribution in [2.75, 3.05) is 11.8 Å². The number of hydrogen-bond acceptors (Lipinski definition) is 5. The number of nitrogens with one attached hydrogen (secondary N) is 1. The van der Waals surface area contributed by atoms with Gasteiger partial charge in [0, 0.05) is 11.1 Å². The van der Waals surface area contributed by atoms with Crippen LogP contribution in [-0.2, 0) is 14.8 Å². The summed E-state index contributed by atoms with van der Waals surface area (Å²) in [5.41, 5.74) is 0.0401. The monoisotopic (exact) mass is 341 g/mol. The average Bonchev–Trinajstić information content (AvgIpc) is 2.46. The van der Waals surface area contributed by atoms with Crippen molar-refractivity contribution < 1.29 is 23.1 Å². The first-order chi connectivity index (χ1) is 10.3. The molecule has 0 aliphatic carbocycles. The number of esters is 1. The molecule has 0 saturated heterocycles. The van der Waals surface area contributed by atoms with Gasteiger partial charge in [-0.05, 0) is 30.3 Å². The molecule has 0 saturated carbocycles. The maximum absolute atomic E-state index is 12.2. The van der Waals surface area contributed by atoms with Gasteiger partial charge >= 0.3 is 5.97 Å². The number of carbonyl (C=O) groups is 1. The predicted molar refractivity (Wildman–Crippen MR) is 81.7 cm³/mol. The smallest absolute Gasteiger partial charge is 0.341 e. The normalized spacial score (nSPS) is 11.0. The molecule has 0 radical (unpaired) electrons. The summed E-state index contributed by atoms with van der Waals surface area (Å²) >= 11 is 5.77. The molecule has 0 aromatic heterocycles. The van der Waals surface area contributed by atoms with Crippen LogP contribution in [0.3, 0.4) is 0 Å². The third kappa shape index (κ3) is 3.49. The van der Waals surface area contributed by atoms with Crippen LogP contribution in [-0.4, -0.2) is 26.6 Å². The molecule has 0 aliphatic heterocycles. The number of hydrogen-bond donors (Lipinski definition) is 2. The van der Waals surface area contributed by atoms with Gasteiger partial charge in [-0.25, -0.2) is 13.2 Å². The largest absolute Gasteiger partial charge is 0.507 e. The first-order valence-corrected chi connectivity index (χ1v) is 7.89. The molecule has 0 heterocycles. The minimum atomic E-state index is -3.85. The summed E-state index contributed by atoms with van der Waals surface area (Å²) in [5, 5.41) is 10.0. The number of aromatic hydroxyl groups is 1. The highest BCUT2D eigenvalue weighted by atomic mass is 35.5. The van der Waals surface area contributed by atoms with E-state index in [1.165, 1.54) is 37.4 Å². The molecule has 0 amide bonds. The second-order valence-electron chi connectivity index (χ2n) is 4.29. The van der Waals surface area contributed by atoms with Crippen LogP contribution in [0.4, 0.5) is 5.69 Å². The lowest BCUT2D eigenvalue weighted by molar-refractivity contribution is 0.0597. The van der Waals surface area contributed by atoms with Gasteiger partial charge in [0.25, 0.3) is 10.0 Å². The summed E-state index contributed by atoms with van der Waals surface area (Å²) in [4.78, 5) is 11.3. The van der Waals surface area contributed by atoms with Crippen molar-refractivity contribution >= 4 is 33.3 Å². The van der Waals surface area contributed by atoms with Crippen LogP contribution < -0.4 is 4.72 Å². The summed E-state index contributed by atoms with van der Waals surface area (Å²) in [7, 11) is -2.67. The molecular formula is C14H12ClNO5S. The number of ether oxygens (including phenoxy) is 1. The van der Waals surface area contributed by atoms with Crippen LogP contribution in [0.25, 0.3) is 0 Å². The zero-order valence-corrected chi connectivity index (χ0v) is 13.0. The lowest BCUT2D eigenvalue weighted by Crippen LogP contribution is -2.13. The summed E-state index contributed by atoms with van der Waals surface area (Å²) in [5.74, 6) is -1.11. The highest BCUT2D eigenvalue weighted by Gasteiger charge is 2.17. The molecule has 0 aliphatic rings. The SMILES string of the molecule is COC(=O)c1ccc(NS(=O)(=O)c2cccc(Cl)c2)cc1O. The van der Waals surface area contributed by atoms with E-state index in [9.17, 15) is 18.3 Å². The fraction of sp³-hybridized carbons (Fsp3) is 0.0714. The molecule has 116 valence electrons. The first kappa shape index (κ1) is 16.1. The van der Waals surface area contributed by atoms with E-state index < -0.39 is 21.7 Å². The van der Waals surface area contributed by atoms with E-state index in [0.29, 0.717) is 0 Å². The zero-order valence-electron chi connectivity index (χ0n) is 11.4. The van der Waals surface area contributed by atoms with Crippen LogP contribution in [0.5, 0.6) is 5.75 Å². The number of anilines is 1. The highest BCUT2D eigenvalue weighted by molar-refractivity contribution is 7.92. The lowest BCUT2D eigenvalue weighted by atomic mass is 10.2. The fourth-order valence-electron chi connectivity index (χ4n) is 1.73. The lowest BCUT2D eigenvalue weighted by Gasteiger charge is -2.10. The van der Waals surface area contributed by atoms with Gasteiger partial charge in [-0.3, -0.25) is 4.72 Å². The molecule has 8 heteroatoms. The fourth-order valence-corrected chi connectivity index (χ4v) is 3.08. The molecule has 2 aromatic carbocycles. The Balaban J connectivity index is 2.31. The van der Waals surface area contributed by atoms with Crippen molar-refractivity contribution in [3.63, 3.8) is 0 Å². The Morgan fingerprint density at radius 2 is 1.95 bits per heavy atom. The molecule has 2 aromatic rings. The quantitative estimate of drug-likeness (QED) is 0.834. The maximum atomic E-state index is 12.2. The Hall–Kier alpha value is -2.25. The number of carbonyl (C=O) groups excluding carboxylic acids is 1. The van der Waals surface area contributed by atoms with E-state index in [1.54, 1.807) is 6.07 Å². The summed E-state index contributed by atoms with van der Waals surface area (Å²) in [6.45, 7) is 0. The van der Waals surface area contributed by atoms with Crippen molar-refractivity contribution in [3.05, 3.63) is 53.1 Å². The van der Waals surface area contributed by atoms with Crippen molar-refractivity contribution in [1.82, 2.24) is 0 Å². The number of sulfonamides is 1. The molecule has 0 atom stereocenters. The van der Waals surface area contributed by atoms with E-state index in [0.717, 1.165) is 6.07 Å². The molecular weight excluding hydrogens is 330 g/mol. The number of methoxy groups -OCH3 is 1. The predicted octanol–water partition coefficient (Wildman–Crippen LogP) is 2.63. The Kier molecular flexibility index (Phi) is 4.58. The summed E-state index contributed by atoms with van der Waals surface area (Å²) in [6.07, 6.45) is 0. The topological polar surface area (TPSA) is 92.7 Å². The summed E-state index contributed by atoms with van der Waals surface area (Å²) < 4.78 is 31.2. The number of phenols is 1. The van der Waals surface area contributed by atoms with Crippen LogP contribution in [0, 0.1) is 0 Å². The number of halogens is 1. The third-order valence-corrected chi connectivity index (χ3v) is 4.38. The van der Waals surface area contributed by atoms with Gasteiger partial charge in [0.2, 0.25) is 0 Å². The van der Waals surface area contributed by atoms with Gasteiger partial charge in [-0.2, -0.15) is 0 Å². The van der Waals surface area contributed by atoms with E-state index >= 15 is 0 Å². The minimum absolute atomic E-state index is 0.0171. The minimum Gasteiger partial charge on any atom is -0.507 e. The molecule has 0 unspecified atom stereocenters. The number of phenolic OH excluding ortho intramolecular Hbond substituents is 1. The summed E-state index contributed by atoms with van der Waals surface area (Å²) in [6, 6.07) is 9.47. The zero-order chi connectivity index (χ0) is 16.3. The Labute approximate surface area is 132 Å². The number of rotatable bonds is 4. The van der Waals surface area contributed by atoms with Crippen molar-refractivity contribution in [3.8, 4) is 5.75 Å². The molecule has 0 fully saturated rings. The van der Waals surface area contributed by atoms with Crippen molar-refractivity contribution in [2.45, 2.75) is 4.90 Å². The van der Waals surface area contributed by atoms with Crippen LogP contribution in [0.2, 0.25) is 5.02 Å². The van der Waals surface area contributed by atoms with Crippen LogP contribution in [0.15, 0.2) is 47.4 Å². The second-order valence-corrected chi connectivity index (χ2v) is 6.41. The van der Waals surface area contributed by atoms with Gasteiger partial charge in [0.1, 0.15) is 11.3 Å². The maximum Gasteiger partial charge on any atom is 0.341 e. The number of benzene rings is 2. The van der Waals surface area contributed by atoms with Gasteiger partial charge in [0.05, 0.1) is 17.7 Å². The third-order valence-electron chi connectivity index (χ3n) is 2.76. The van der Waals surface area contributed by atoms with Crippen LogP contribution >= 0.6 is 11.6 Å². The first-order valence-electron chi connectivity index (χ1n) is 6.03. The molecule has 6 nitrogen and oxygen atoms in total. The second kappa shape index (κ2) is 6.25. The van der Waals surface area contributed by atoms with Gasteiger partial charge < -0.3 is 9.84 Å². The molecule has 2 N–H and O–H groups in total. The Morgan fingerprint density at radius 3 is 2.55 bits per heavy atom. The van der Waals surface area contributed by atoms with Crippen molar-refractivity contribution in [1.29, 1.82) is 0 Å². The highest BCUT2D eigenvalue weighted by Crippen LogP contribution is 2.25. The Morgan fingerprint density at radius 1 is 1.23 bits per heavy atom. The molecule has 2 rings (SSSR count). The van der Waals surface area contributed by atoms with E-state index in [-0.39, 0.29) is 21.2 Å². The molecule has 0 bridgehead atoms. The van der Waals surface area contributed by atoms with Gasteiger partial charge in [-0.1, -0.05) is 17.7 Å². The average molecular weight is 342 g/mol. The Bertz CT molecular complexity index is 820. The molecule has 0 spiro atoms. The van der Waals surface area contributed by atoms with E-state index in [4.69, 9.17) is 11.6 Å². The van der Waals surface area contributed by atoms with Gasteiger partial charge in [-0.15, -0.1) is 0 Å². The van der Waals surface area contributed by atoms with E-state index in [2.05, 4.69) is 9.46 Å². The van der Waals surface area contributed by atoms with E-state index in [1.807, 2.05) is 0 Å². The van der Waals surface area contributed by atoms with Crippen LogP contribution in [0.1, 0.15) is 10.4 Å². The van der Waals surface area contributed by atoms with Crippen molar-refractivity contribution in [2.24, 2.45) is 0 Å². The van der Waals surface area contributed by atoms with Gasteiger partial charge in [0.15, 0.2) is 0 Å². The molecule has 22 heavy (non-hydrogen) atoms. The standard InChI is InChI=1S/C14H12ClNO5S/c1-21-14(18)12-6-5-10(8-13(12)17)16-22(19,20)11-4-2-3-9(15)7-11/h2-8,16-17H,1H3.